The largest absolute Gasteiger partial charge is 0.306 e. The lowest BCUT2D eigenvalue weighted by molar-refractivity contribution is 0.574. The molecule has 0 aliphatic rings. The number of nitrogens with one attached hydrogen (secondary N) is 1. The molecule has 1 aromatic heterocycles. The molecule has 2 aromatic rings. The first-order valence-electron chi connectivity index (χ1n) is 5.72. The molecule has 1 atom stereocenters. The second-order valence-electron chi connectivity index (χ2n) is 4.29. The van der Waals surface area contributed by atoms with Crippen molar-refractivity contribution in [1.82, 2.24) is 15.1 Å². The lowest BCUT2D eigenvalue weighted by Gasteiger charge is -2.15. The Morgan fingerprint density at radius 3 is 2.83 bits per heavy atom. The predicted octanol–water partition coefficient (Wildman–Crippen LogP) is 3.58. The molecule has 1 unspecified atom stereocenters. The van der Waals surface area contributed by atoms with Crippen molar-refractivity contribution in [3.05, 3.63) is 51.8 Å². The second-order valence-corrected chi connectivity index (χ2v) is 5.13. The Kier molecular flexibility index (Phi) is 4.27. The summed E-state index contributed by atoms with van der Waals surface area (Å²) in [6.07, 6.45) is 3.83. The van der Waals surface area contributed by atoms with Crippen LogP contribution in [0, 0.1) is 0 Å². The van der Waals surface area contributed by atoms with Crippen LogP contribution in [0.15, 0.2) is 30.6 Å². The lowest BCUT2D eigenvalue weighted by atomic mass is 10.1. The number of nitrogens with zero attached hydrogens (tertiary/aromatic N) is 2. The third-order valence-corrected chi connectivity index (χ3v) is 3.37. The van der Waals surface area contributed by atoms with E-state index in [1.54, 1.807) is 10.7 Å². The molecule has 0 aliphatic heterocycles. The van der Waals surface area contributed by atoms with Crippen molar-refractivity contribution >= 4 is 23.2 Å². The summed E-state index contributed by atoms with van der Waals surface area (Å²) in [5.74, 6) is 0. The van der Waals surface area contributed by atoms with Crippen LogP contribution in [0.3, 0.4) is 0 Å². The summed E-state index contributed by atoms with van der Waals surface area (Å²) < 4.78 is 1.79. The molecule has 0 saturated carbocycles. The molecule has 18 heavy (non-hydrogen) atoms. The second kappa shape index (κ2) is 5.74. The van der Waals surface area contributed by atoms with Gasteiger partial charge >= 0.3 is 0 Å². The minimum Gasteiger partial charge on any atom is -0.306 e. The van der Waals surface area contributed by atoms with Crippen LogP contribution in [-0.2, 0) is 13.6 Å². The van der Waals surface area contributed by atoms with Crippen molar-refractivity contribution in [1.29, 1.82) is 0 Å². The Labute approximate surface area is 117 Å². The van der Waals surface area contributed by atoms with Gasteiger partial charge in [0, 0.05) is 41.4 Å². The SMILES string of the molecule is CC(NCc1cnn(C)c1)c1cc(Cl)ccc1Cl. The van der Waals surface area contributed by atoms with E-state index in [-0.39, 0.29) is 6.04 Å². The molecule has 0 saturated heterocycles. The van der Waals surface area contributed by atoms with Crippen LogP contribution in [-0.4, -0.2) is 9.78 Å². The summed E-state index contributed by atoms with van der Waals surface area (Å²) in [5, 5.41) is 8.95. The van der Waals surface area contributed by atoms with Gasteiger partial charge in [-0.05, 0) is 30.7 Å². The number of rotatable bonds is 4. The zero-order chi connectivity index (χ0) is 13.1. The Morgan fingerprint density at radius 1 is 1.39 bits per heavy atom. The molecule has 1 aromatic carbocycles. The molecule has 5 heteroatoms. The molecule has 0 bridgehead atoms. The molecular weight excluding hydrogens is 269 g/mol. The third kappa shape index (κ3) is 3.25. The van der Waals surface area contributed by atoms with E-state index < -0.39 is 0 Å². The summed E-state index contributed by atoms with van der Waals surface area (Å²) in [7, 11) is 1.90. The van der Waals surface area contributed by atoms with E-state index in [4.69, 9.17) is 23.2 Å². The van der Waals surface area contributed by atoms with Crippen molar-refractivity contribution in [3.63, 3.8) is 0 Å². The van der Waals surface area contributed by atoms with E-state index in [1.165, 1.54) is 0 Å². The lowest BCUT2D eigenvalue weighted by Crippen LogP contribution is -2.18. The highest BCUT2D eigenvalue weighted by molar-refractivity contribution is 6.33. The minimum atomic E-state index is 0.136. The van der Waals surface area contributed by atoms with E-state index in [2.05, 4.69) is 17.3 Å². The Bertz CT molecular complexity index is 537. The number of halogens is 2. The van der Waals surface area contributed by atoms with Crippen molar-refractivity contribution < 1.29 is 0 Å². The van der Waals surface area contributed by atoms with Crippen LogP contribution in [0.1, 0.15) is 24.1 Å². The van der Waals surface area contributed by atoms with Gasteiger partial charge in [0.1, 0.15) is 0 Å². The number of aryl methyl sites for hydroxylation is 1. The summed E-state index contributed by atoms with van der Waals surface area (Å²) in [5.41, 5.74) is 2.15. The van der Waals surface area contributed by atoms with Gasteiger partial charge in [0.15, 0.2) is 0 Å². The minimum absolute atomic E-state index is 0.136. The first kappa shape index (κ1) is 13.4. The van der Waals surface area contributed by atoms with Gasteiger partial charge in [0.05, 0.1) is 6.20 Å². The first-order chi connectivity index (χ1) is 8.56. The fourth-order valence-corrected chi connectivity index (χ4v) is 2.25. The van der Waals surface area contributed by atoms with Crippen molar-refractivity contribution in [2.24, 2.45) is 7.05 Å². The van der Waals surface area contributed by atoms with E-state index in [9.17, 15) is 0 Å². The maximum Gasteiger partial charge on any atom is 0.0534 e. The normalized spacial score (nSPS) is 12.7. The van der Waals surface area contributed by atoms with Crippen LogP contribution in [0.5, 0.6) is 0 Å². The zero-order valence-electron chi connectivity index (χ0n) is 10.3. The molecule has 1 N–H and O–H groups in total. The summed E-state index contributed by atoms with van der Waals surface area (Å²) >= 11 is 12.1. The number of hydrogen-bond donors (Lipinski definition) is 1. The quantitative estimate of drug-likeness (QED) is 0.930. The average Bonchev–Trinajstić information content (AvgIpc) is 2.75. The molecule has 96 valence electrons. The molecule has 0 amide bonds. The maximum atomic E-state index is 6.16. The van der Waals surface area contributed by atoms with Crippen molar-refractivity contribution in [2.45, 2.75) is 19.5 Å². The monoisotopic (exact) mass is 283 g/mol. The highest BCUT2D eigenvalue weighted by Crippen LogP contribution is 2.26. The van der Waals surface area contributed by atoms with Gasteiger partial charge in [-0.2, -0.15) is 5.10 Å². The number of benzene rings is 1. The molecule has 1 heterocycles. The van der Waals surface area contributed by atoms with E-state index in [0.29, 0.717) is 5.02 Å². The van der Waals surface area contributed by atoms with E-state index >= 15 is 0 Å². The van der Waals surface area contributed by atoms with Crippen LogP contribution in [0.25, 0.3) is 0 Å². The van der Waals surface area contributed by atoms with Crippen LogP contribution in [0.2, 0.25) is 10.0 Å². The van der Waals surface area contributed by atoms with Crippen LogP contribution in [0.4, 0.5) is 0 Å². The molecule has 0 radical (unpaired) electrons. The Hall–Kier alpha value is -1.03. The molecule has 2 rings (SSSR count). The third-order valence-electron chi connectivity index (χ3n) is 2.80. The Balaban J connectivity index is 2.03. The standard InChI is InChI=1S/C13H15Cl2N3/c1-9(12-5-11(14)3-4-13(12)15)16-6-10-7-17-18(2)8-10/h3-5,7-9,16H,6H2,1-2H3. The number of aromatic nitrogens is 2. The van der Waals surface area contributed by atoms with Crippen molar-refractivity contribution in [3.8, 4) is 0 Å². The van der Waals surface area contributed by atoms with Gasteiger partial charge in [0.25, 0.3) is 0 Å². The van der Waals surface area contributed by atoms with Gasteiger partial charge in [-0.15, -0.1) is 0 Å². The zero-order valence-corrected chi connectivity index (χ0v) is 11.8. The summed E-state index contributed by atoms with van der Waals surface area (Å²) in [6.45, 7) is 2.81. The number of hydrogen-bond acceptors (Lipinski definition) is 2. The fraction of sp³-hybridized carbons (Fsp3) is 0.308. The molecule has 0 aliphatic carbocycles. The Morgan fingerprint density at radius 2 is 2.17 bits per heavy atom. The average molecular weight is 284 g/mol. The highest BCUT2D eigenvalue weighted by atomic mass is 35.5. The molecule has 0 spiro atoms. The van der Waals surface area contributed by atoms with Crippen LogP contribution >= 0.6 is 23.2 Å². The highest BCUT2D eigenvalue weighted by Gasteiger charge is 2.10. The summed E-state index contributed by atoms with van der Waals surface area (Å²) in [4.78, 5) is 0. The predicted molar refractivity (Wildman–Crippen MR) is 74.9 cm³/mol. The van der Waals surface area contributed by atoms with Gasteiger partial charge < -0.3 is 5.32 Å². The molecular formula is C13H15Cl2N3. The van der Waals surface area contributed by atoms with Crippen LogP contribution < -0.4 is 5.32 Å². The van der Waals surface area contributed by atoms with Gasteiger partial charge in [-0.3, -0.25) is 4.68 Å². The summed E-state index contributed by atoms with van der Waals surface area (Å²) in [6, 6.07) is 5.64. The smallest absolute Gasteiger partial charge is 0.0534 e. The fourth-order valence-electron chi connectivity index (χ4n) is 1.79. The maximum absolute atomic E-state index is 6.16. The molecule has 0 fully saturated rings. The van der Waals surface area contributed by atoms with Gasteiger partial charge in [-0.1, -0.05) is 23.2 Å². The molecule has 3 nitrogen and oxygen atoms in total. The van der Waals surface area contributed by atoms with Gasteiger partial charge in [0.2, 0.25) is 0 Å². The first-order valence-corrected chi connectivity index (χ1v) is 6.47. The van der Waals surface area contributed by atoms with E-state index in [1.807, 2.05) is 31.6 Å². The van der Waals surface area contributed by atoms with Crippen molar-refractivity contribution in [2.75, 3.05) is 0 Å². The topological polar surface area (TPSA) is 29.9 Å². The van der Waals surface area contributed by atoms with Gasteiger partial charge in [-0.25, -0.2) is 0 Å². The van der Waals surface area contributed by atoms with E-state index in [0.717, 1.165) is 22.7 Å².